The number of aliphatic imine (C=N–C) groups is 1. The lowest BCUT2D eigenvalue weighted by molar-refractivity contribution is 0.280. The van der Waals surface area contributed by atoms with Gasteiger partial charge in [-0.25, -0.2) is 13.1 Å². The molecule has 0 aromatic heterocycles. The molecule has 0 heterocycles. The zero-order chi connectivity index (χ0) is 16.9. The maximum absolute atomic E-state index is 12.3. The Morgan fingerprint density at radius 3 is 2.26 bits per heavy atom. The van der Waals surface area contributed by atoms with Gasteiger partial charge >= 0.3 is 0 Å². The maximum atomic E-state index is 12.3. The van der Waals surface area contributed by atoms with E-state index in [4.69, 9.17) is 11.5 Å². The lowest BCUT2D eigenvalue weighted by atomic mass is 9.82. The molecule has 23 heavy (non-hydrogen) atoms. The van der Waals surface area contributed by atoms with Gasteiger partial charge in [0.2, 0.25) is 10.0 Å². The van der Waals surface area contributed by atoms with Crippen LogP contribution in [-0.2, 0) is 10.0 Å². The fourth-order valence-corrected chi connectivity index (χ4v) is 4.16. The van der Waals surface area contributed by atoms with Gasteiger partial charge in [-0.05, 0) is 61.8 Å². The summed E-state index contributed by atoms with van der Waals surface area (Å²) in [6.45, 7) is 1.15. The van der Waals surface area contributed by atoms with Crippen LogP contribution in [0, 0.1) is 11.8 Å². The van der Waals surface area contributed by atoms with E-state index in [2.05, 4.69) is 25.6 Å². The normalized spacial score (nSPS) is 21.8. The van der Waals surface area contributed by atoms with Gasteiger partial charge in [-0.2, -0.15) is 0 Å². The third-order valence-corrected chi connectivity index (χ3v) is 6.15. The second-order valence-electron chi connectivity index (χ2n) is 5.96. The molecule has 0 atom stereocenters. The predicted octanol–water partition coefficient (Wildman–Crippen LogP) is 1.81. The highest BCUT2D eigenvalue weighted by atomic mass is 79.9. The highest BCUT2D eigenvalue weighted by Crippen LogP contribution is 2.28. The molecule has 1 saturated carbocycles. The molecule has 5 N–H and O–H groups in total. The van der Waals surface area contributed by atoms with E-state index in [1.807, 2.05) is 0 Å². The molecular formula is C15H23BrN4O2S. The Balaban J connectivity index is 1.81. The first-order chi connectivity index (χ1) is 10.9. The van der Waals surface area contributed by atoms with E-state index in [1.54, 1.807) is 24.3 Å². The summed E-state index contributed by atoms with van der Waals surface area (Å²) in [5, 5.41) is 0. The van der Waals surface area contributed by atoms with Crippen LogP contribution in [0.4, 0.5) is 0 Å². The molecule has 0 amide bonds. The van der Waals surface area contributed by atoms with Crippen molar-refractivity contribution >= 4 is 31.9 Å². The Morgan fingerprint density at radius 2 is 1.70 bits per heavy atom. The minimum absolute atomic E-state index is 0.134. The predicted molar refractivity (Wildman–Crippen MR) is 95.5 cm³/mol. The summed E-state index contributed by atoms with van der Waals surface area (Å²) >= 11 is 3.30. The molecule has 1 aliphatic rings. The molecule has 2 rings (SSSR count). The lowest BCUT2D eigenvalue weighted by Gasteiger charge is -2.27. The van der Waals surface area contributed by atoms with Crippen molar-refractivity contribution in [3.63, 3.8) is 0 Å². The molecule has 6 nitrogen and oxygen atoms in total. The molecule has 1 aromatic rings. The van der Waals surface area contributed by atoms with E-state index in [0.29, 0.717) is 29.8 Å². The van der Waals surface area contributed by atoms with Crippen LogP contribution < -0.4 is 16.2 Å². The van der Waals surface area contributed by atoms with E-state index >= 15 is 0 Å². The summed E-state index contributed by atoms with van der Waals surface area (Å²) in [5.74, 6) is 1.00. The monoisotopic (exact) mass is 402 g/mol. The Kier molecular flexibility index (Phi) is 6.43. The zero-order valence-electron chi connectivity index (χ0n) is 12.9. The van der Waals surface area contributed by atoms with Gasteiger partial charge in [-0.3, -0.25) is 4.99 Å². The number of halogens is 1. The third kappa shape index (κ3) is 5.78. The number of nitrogens with zero attached hydrogens (tertiary/aromatic N) is 1. The third-order valence-electron chi connectivity index (χ3n) is 4.18. The van der Waals surface area contributed by atoms with Gasteiger partial charge in [0.25, 0.3) is 0 Å². The Morgan fingerprint density at radius 1 is 1.13 bits per heavy atom. The van der Waals surface area contributed by atoms with E-state index in [1.165, 1.54) is 0 Å². The van der Waals surface area contributed by atoms with Crippen LogP contribution in [0.3, 0.4) is 0 Å². The van der Waals surface area contributed by atoms with Gasteiger partial charge in [0.1, 0.15) is 0 Å². The molecule has 8 heteroatoms. The molecule has 0 radical (unpaired) electrons. The van der Waals surface area contributed by atoms with Crippen molar-refractivity contribution in [3.05, 3.63) is 28.7 Å². The van der Waals surface area contributed by atoms with Crippen molar-refractivity contribution in [2.45, 2.75) is 30.6 Å². The standard InChI is InChI=1S/C15H23BrN4O2S/c16-13-5-7-14(8-6-13)23(21,22)20-10-12-3-1-11(2-4-12)9-19-15(17)18/h5-8,11-12,20H,1-4,9-10H2,(H4,17,18,19). The molecule has 0 saturated heterocycles. The quantitative estimate of drug-likeness (QED) is 0.497. The summed E-state index contributed by atoms with van der Waals surface area (Å²) in [5.41, 5.74) is 10.7. The summed E-state index contributed by atoms with van der Waals surface area (Å²) in [6.07, 6.45) is 4.05. The Hall–Kier alpha value is -1.12. The van der Waals surface area contributed by atoms with Crippen molar-refractivity contribution in [3.8, 4) is 0 Å². The number of nitrogens with two attached hydrogens (primary N) is 2. The molecule has 1 aliphatic carbocycles. The highest BCUT2D eigenvalue weighted by molar-refractivity contribution is 9.10. The SMILES string of the molecule is NC(N)=NCC1CCC(CNS(=O)(=O)c2ccc(Br)cc2)CC1. The summed E-state index contributed by atoms with van der Waals surface area (Å²) in [7, 11) is -3.44. The van der Waals surface area contributed by atoms with E-state index in [0.717, 1.165) is 30.2 Å². The average molecular weight is 403 g/mol. The molecule has 1 fully saturated rings. The minimum Gasteiger partial charge on any atom is -0.370 e. The summed E-state index contributed by atoms with van der Waals surface area (Å²) in [4.78, 5) is 4.36. The van der Waals surface area contributed by atoms with Gasteiger partial charge < -0.3 is 11.5 Å². The fraction of sp³-hybridized carbons (Fsp3) is 0.533. The van der Waals surface area contributed by atoms with Gasteiger partial charge in [-0.1, -0.05) is 15.9 Å². The van der Waals surface area contributed by atoms with Gasteiger partial charge in [0.05, 0.1) is 4.90 Å². The van der Waals surface area contributed by atoms with Crippen LogP contribution in [0.2, 0.25) is 0 Å². The summed E-state index contributed by atoms with van der Waals surface area (Å²) in [6, 6.07) is 6.64. The molecule has 0 aliphatic heterocycles. The van der Waals surface area contributed by atoms with Gasteiger partial charge in [-0.15, -0.1) is 0 Å². The number of sulfonamides is 1. The molecule has 128 valence electrons. The lowest BCUT2D eigenvalue weighted by Crippen LogP contribution is -2.32. The Labute approximate surface area is 145 Å². The topological polar surface area (TPSA) is 111 Å². The first kappa shape index (κ1) is 18.2. The number of guanidine groups is 1. The first-order valence-corrected chi connectivity index (χ1v) is 9.95. The number of hydrogen-bond donors (Lipinski definition) is 3. The highest BCUT2D eigenvalue weighted by Gasteiger charge is 2.23. The number of nitrogens with one attached hydrogen (secondary N) is 1. The first-order valence-electron chi connectivity index (χ1n) is 7.67. The largest absolute Gasteiger partial charge is 0.370 e. The van der Waals surface area contributed by atoms with Crippen molar-refractivity contribution in [1.29, 1.82) is 0 Å². The number of rotatable bonds is 6. The van der Waals surface area contributed by atoms with Crippen LogP contribution in [0.15, 0.2) is 38.6 Å². The number of hydrogen-bond acceptors (Lipinski definition) is 3. The maximum Gasteiger partial charge on any atom is 0.240 e. The van der Waals surface area contributed by atoms with Crippen LogP contribution in [-0.4, -0.2) is 27.5 Å². The minimum atomic E-state index is -3.44. The molecule has 1 aromatic carbocycles. The smallest absolute Gasteiger partial charge is 0.240 e. The van der Waals surface area contributed by atoms with Crippen molar-refractivity contribution in [2.75, 3.05) is 13.1 Å². The van der Waals surface area contributed by atoms with E-state index in [9.17, 15) is 8.42 Å². The second-order valence-corrected chi connectivity index (χ2v) is 8.64. The Bertz CT molecular complexity index is 634. The van der Waals surface area contributed by atoms with Gasteiger partial charge in [0, 0.05) is 17.6 Å². The summed E-state index contributed by atoms with van der Waals surface area (Å²) < 4.78 is 28.1. The van der Waals surface area contributed by atoms with Gasteiger partial charge in [0.15, 0.2) is 5.96 Å². The average Bonchev–Trinajstić information content (AvgIpc) is 2.52. The van der Waals surface area contributed by atoms with Crippen molar-refractivity contribution < 1.29 is 8.42 Å². The van der Waals surface area contributed by atoms with Crippen molar-refractivity contribution in [1.82, 2.24) is 4.72 Å². The van der Waals surface area contributed by atoms with Crippen LogP contribution >= 0.6 is 15.9 Å². The number of benzene rings is 1. The van der Waals surface area contributed by atoms with Crippen LogP contribution in [0.25, 0.3) is 0 Å². The fourth-order valence-electron chi connectivity index (χ4n) is 2.78. The molecule has 0 unspecified atom stereocenters. The van der Waals surface area contributed by atoms with E-state index < -0.39 is 10.0 Å². The molecular weight excluding hydrogens is 380 g/mol. The van der Waals surface area contributed by atoms with E-state index in [-0.39, 0.29) is 5.96 Å². The van der Waals surface area contributed by atoms with Crippen LogP contribution in [0.1, 0.15) is 25.7 Å². The zero-order valence-corrected chi connectivity index (χ0v) is 15.3. The molecule has 0 bridgehead atoms. The van der Waals surface area contributed by atoms with Crippen molar-refractivity contribution in [2.24, 2.45) is 28.3 Å². The second kappa shape index (κ2) is 8.12. The van der Waals surface area contributed by atoms with Crippen LogP contribution in [0.5, 0.6) is 0 Å². The molecule has 0 spiro atoms.